The van der Waals surface area contributed by atoms with Crippen LogP contribution in [0.5, 0.6) is 0 Å². The van der Waals surface area contributed by atoms with Crippen molar-refractivity contribution < 1.29 is 10.2 Å². The highest BCUT2D eigenvalue weighted by molar-refractivity contribution is 6.95. The van der Waals surface area contributed by atoms with Gasteiger partial charge in [0.2, 0.25) is 0 Å². The van der Waals surface area contributed by atoms with E-state index in [1.807, 2.05) is 19.9 Å². The molecule has 0 spiro atoms. The third kappa shape index (κ3) is 3.56. The van der Waals surface area contributed by atoms with E-state index in [1.54, 1.807) is 0 Å². The fraction of sp³-hybridized carbons (Fsp3) is 0.500. The number of aliphatic hydroxyl groups excluding tert-OH is 2. The summed E-state index contributed by atoms with van der Waals surface area (Å²) in [4.78, 5) is 0. The molecule has 106 valence electrons. The zero-order valence-electron chi connectivity index (χ0n) is 12.4. The van der Waals surface area contributed by atoms with Crippen molar-refractivity contribution in [2.75, 3.05) is 6.61 Å². The number of benzene rings is 1. The Labute approximate surface area is 117 Å². The van der Waals surface area contributed by atoms with Crippen molar-refractivity contribution in [3.05, 3.63) is 42.1 Å². The first-order chi connectivity index (χ1) is 8.82. The van der Waals surface area contributed by atoms with Crippen LogP contribution in [0.1, 0.15) is 13.8 Å². The van der Waals surface area contributed by atoms with Gasteiger partial charge >= 0.3 is 0 Å². The summed E-state index contributed by atoms with van der Waals surface area (Å²) in [6.45, 7) is 12.7. The molecule has 0 heterocycles. The van der Waals surface area contributed by atoms with Crippen molar-refractivity contribution >= 4 is 13.3 Å². The molecule has 0 saturated carbocycles. The molecule has 0 fully saturated rings. The van der Waals surface area contributed by atoms with E-state index in [0.29, 0.717) is 0 Å². The van der Waals surface area contributed by atoms with Crippen LogP contribution in [0, 0.1) is 11.8 Å². The van der Waals surface area contributed by atoms with Gasteiger partial charge in [-0.3, -0.25) is 0 Å². The van der Waals surface area contributed by atoms with Gasteiger partial charge in [-0.15, -0.1) is 6.58 Å². The van der Waals surface area contributed by atoms with Gasteiger partial charge in [0, 0.05) is 12.5 Å². The predicted molar refractivity (Wildman–Crippen MR) is 84.1 cm³/mol. The fourth-order valence-electron chi connectivity index (χ4n) is 2.42. The Kier molecular flexibility index (Phi) is 5.53. The second kappa shape index (κ2) is 6.50. The largest absolute Gasteiger partial charge is 0.396 e. The van der Waals surface area contributed by atoms with Crippen LogP contribution in [-0.2, 0) is 0 Å². The predicted octanol–water partition coefficient (Wildman–Crippen LogP) is 2.32. The molecule has 1 aromatic carbocycles. The van der Waals surface area contributed by atoms with Gasteiger partial charge in [0.05, 0.1) is 6.10 Å². The molecule has 3 atom stereocenters. The normalized spacial score (nSPS) is 16.7. The van der Waals surface area contributed by atoms with E-state index in [9.17, 15) is 10.2 Å². The van der Waals surface area contributed by atoms with Crippen LogP contribution in [0.15, 0.2) is 42.1 Å². The van der Waals surface area contributed by atoms with Crippen LogP contribution in [0.3, 0.4) is 0 Å². The average Bonchev–Trinajstić information content (AvgIpc) is 2.44. The van der Waals surface area contributed by atoms with Gasteiger partial charge in [0.25, 0.3) is 0 Å². The first kappa shape index (κ1) is 16.2. The van der Waals surface area contributed by atoms with Crippen molar-refractivity contribution in [3.63, 3.8) is 0 Å². The van der Waals surface area contributed by atoms with Crippen LogP contribution >= 0.6 is 0 Å². The lowest BCUT2D eigenvalue weighted by Crippen LogP contribution is -2.47. The highest BCUT2D eigenvalue weighted by atomic mass is 28.3. The molecule has 0 aliphatic heterocycles. The molecular formula is C16H26O2Si. The molecule has 0 radical (unpaired) electrons. The summed E-state index contributed by atoms with van der Waals surface area (Å²) in [6.07, 6.45) is -0.534. The van der Waals surface area contributed by atoms with E-state index in [-0.39, 0.29) is 18.4 Å². The minimum absolute atomic E-state index is 0.00372. The Hall–Kier alpha value is -0.903. The van der Waals surface area contributed by atoms with Crippen molar-refractivity contribution in [3.8, 4) is 0 Å². The van der Waals surface area contributed by atoms with E-state index in [1.165, 1.54) is 5.19 Å². The maximum atomic E-state index is 10.3. The van der Waals surface area contributed by atoms with Gasteiger partial charge in [-0.25, -0.2) is 0 Å². The minimum Gasteiger partial charge on any atom is -0.396 e. The molecule has 0 unspecified atom stereocenters. The zero-order chi connectivity index (χ0) is 14.6. The van der Waals surface area contributed by atoms with Gasteiger partial charge < -0.3 is 10.2 Å². The van der Waals surface area contributed by atoms with E-state index < -0.39 is 14.2 Å². The Morgan fingerprint density at radius 3 is 2.21 bits per heavy atom. The van der Waals surface area contributed by atoms with Crippen molar-refractivity contribution in [2.45, 2.75) is 33.0 Å². The molecule has 2 N–H and O–H groups in total. The first-order valence-corrected chi connectivity index (χ1v) is 9.86. The quantitative estimate of drug-likeness (QED) is 0.784. The fourth-order valence-corrected chi connectivity index (χ4v) is 5.12. The van der Waals surface area contributed by atoms with Gasteiger partial charge in [-0.05, 0) is 5.92 Å². The van der Waals surface area contributed by atoms with Crippen LogP contribution in [-0.4, -0.2) is 31.0 Å². The highest BCUT2D eigenvalue weighted by Gasteiger charge is 2.34. The topological polar surface area (TPSA) is 40.5 Å². The van der Waals surface area contributed by atoms with Crippen LogP contribution in [0.4, 0.5) is 0 Å². The molecule has 1 rings (SSSR count). The molecule has 0 aliphatic rings. The maximum absolute atomic E-state index is 10.3. The van der Waals surface area contributed by atoms with Gasteiger partial charge in [-0.2, -0.15) is 0 Å². The molecule has 2 nitrogen and oxygen atoms in total. The molecule has 0 amide bonds. The Morgan fingerprint density at radius 2 is 1.74 bits per heavy atom. The minimum atomic E-state index is -1.80. The van der Waals surface area contributed by atoms with Crippen molar-refractivity contribution in [2.24, 2.45) is 11.8 Å². The molecule has 19 heavy (non-hydrogen) atoms. The Balaban J connectivity index is 2.93. The smallest absolute Gasteiger partial charge is 0.107 e. The number of hydrogen-bond acceptors (Lipinski definition) is 2. The Bertz CT molecular complexity index is 414. The summed E-state index contributed by atoms with van der Waals surface area (Å²) in [7, 11) is -1.80. The van der Waals surface area contributed by atoms with E-state index in [0.717, 1.165) is 5.20 Å². The lowest BCUT2D eigenvalue weighted by molar-refractivity contribution is 0.0498. The molecule has 0 aromatic heterocycles. The second-order valence-electron chi connectivity index (χ2n) is 5.96. The molecule has 0 aliphatic carbocycles. The summed E-state index contributed by atoms with van der Waals surface area (Å²) >= 11 is 0. The number of hydrogen-bond donors (Lipinski definition) is 2. The number of rotatable bonds is 6. The summed E-state index contributed by atoms with van der Waals surface area (Å²) < 4.78 is 0. The third-order valence-corrected chi connectivity index (χ3v) is 8.07. The van der Waals surface area contributed by atoms with Crippen molar-refractivity contribution in [1.82, 2.24) is 0 Å². The monoisotopic (exact) mass is 278 g/mol. The van der Waals surface area contributed by atoms with Crippen molar-refractivity contribution in [1.29, 1.82) is 0 Å². The zero-order valence-corrected chi connectivity index (χ0v) is 13.4. The maximum Gasteiger partial charge on any atom is 0.107 e. The van der Waals surface area contributed by atoms with E-state index >= 15 is 0 Å². The molecular weight excluding hydrogens is 252 g/mol. The SMILES string of the molecule is C=C([C@@H](C)[C@H](O)[C@@H](C)CO)[Si](C)(C)c1ccccc1. The average molecular weight is 278 g/mol. The first-order valence-electron chi connectivity index (χ1n) is 6.86. The number of aliphatic hydroxyl groups is 2. The lowest BCUT2D eigenvalue weighted by atomic mass is 9.94. The summed E-state index contributed by atoms with van der Waals surface area (Å²) in [5.41, 5.74) is 0. The molecule has 1 aromatic rings. The van der Waals surface area contributed by atoms with Crippen LogP contribution < -0.4 is 5.19 Å². The summed E-state index contributed by atoms with van der Waals surface area (Å²) in [6, 6.07) is 10.4. The molecule has 3 heteroatoms. The third-order valence-electron chi connectivity index (χ3n) is 4.23. The second-order valence-corrected chi connectivity index (χ2v) is 10.4. The van der Waals surface area contributed by atoms with Gasteiger partial charge in [0.1, 0.15) is 8.07 Å². The van der Waals surface area contributed by atoms with E-state index in [2.05, 4.69) is 43.9 Å². The Morgan fingerprint density at radius 1 is 1.21 bits per heavy atom. The molecule has 0 saturated heterocycles. The van der Waals surface area contributed by atoms with Crippen LogP contribution in [0.25, 0.3) is 0 Å². The van der Waals surface area contributed by atoms with E-state index in [4.69, 9.17) is 0 Å². The summed E-state index contributed by atoms with van der Waals surface area (Å²) in [5, 5.41) is 21.9. The highest BCUT2D eigenvalue weighted by Crippen LogP contribution is 2.26. The standard InChI is InChI=1S/C16H26O2Si/c1-12(11-17)16(18)13(2)14(3)19(4,5)15-9-7-6-8-10-15/h6-10,12-13,16-18H,3,11H2,1-2,4-5H3/t12-,13+,16+/m0/s1. The summed E-state index contributed by atoms with van der Waals surface area (Å²) in [5.74, 6) is -0.114. The van der Waals surface area contributed by atoms with Gasteiger partial charge in [0.15, 0.2) is 0 Å². The molecule has 0 bridgehead atoms. The lowest BCUT2D eigenvalue weighted by Gasteiger charge is -2.34. The van der Waals surface area contributed by atoms with Gasteiger partial charge in [-0.1, -0.05) is 67.7 Å². The van der Waals surface area contributed by atoms with Crippen LogP contribution in [0.2, 0.25) is 13.1 Å².